The predicted octanol–water partition coefficient (Wildman–Crippen LogP) is 2.47. The molecule has 0 aromatic carbocycles. The van der Waals surface area contributed by atoms with Crippen LogP contribution >= 0.6 is 0 Å². The second kappa shape index (κ2) is 5.25. The molecular weight excluding hydrogens is 216 g/mol. The maximum atomic E-state index is 11.9. The van der Waals surface area contributed by atoms with Crippen molar-refractivity contribution in [2.24, 2.45) is 11.8 Å². The molecule has 2 heterocycles. The number of amides is 2. The summed E-state index contributed by atoms with van der Waals surface area (Å²) in [5.74, 6) is 1.30. The molecule has 0 radical (unpaired) electrons. The summed E-state index contributed by atoms with van der Waals surface area (Å²) in [6.45, 7) is 6.72. The summed E-state index contributed by atoms with van der Waals surface area (Å²) < 4.78 is 4.96. The Morgan fingerprint density at radius 1 is 1.53 bits per heavy atom. The van der Waals surface area contributed by atoms with Crippen LogP contribution in [0.25, 0.3) is 0 Å². The van der Waals surface area contributed by atoms with Gasteiger partial charge in [-0.25, -0.2) is 4.79 Å². The van der Waals surface area contributed by atoms with Crippen molar-refractivity contribution in [1.82, 2.24) is 10.2 Å². The molecule has 2 atom stereocenters. The van der Waals surface area contributed by atoms with Crippen LogP contribution in [0.4, 0.5) is 4.79 Å². The Bertz CT molecular complexity index is 362. The summed E-state index contributed by atoms with van der Waals surface area (Å²) in [5, 5.41) is 2.92. The van der Waals surface area contributed by atoms with E-state index in [4.69, 9.17) is 4.42 Å². The largest absolute Gasteiger partial charge is 0.472 e. The fraction of sp³-hybridized carbons (Fsp3) is 0.615. The molecule has 94 valence electrons. The fourth-order valence-electron chi connectivity index (χ4n) is 2.13. The molecule has 0 bridgehead atoms. The molecule has 1 N–H and O–H groups in total. The van der Waals surface area contributed by atoms with E-state index in [0.717, 1.165) is 25.1 Å². The Hall–Kier alpha value is -1.45. The maximum absolute atomic E-state index is 11.9. The standard InChI is InChI=1S/C13H20N2O2/c1-10-3-5-15(8-11(10)2)13(16)14-7-12-4-6-17-9-12/h4,6,9-11H,3,5,7-8H2,1-2H3,(H,14,16)/t10-,11+/m0/s1. The summed E-state index contributed by atoms with van der Waals surface area (Å²) in [4.78, 5) is 13.8. The molecule has 0 aliphatic carbocycles. The van der Waals surface area contributed by atoms with Crippen LogP contribution in [0, 0.1) is 11.8 Å². The average Bonchev–Trinajstić information content (AvgIpc) is 2.82. The van der Waals surface area contributed by atoms with Crippen LogP contribution < -0.4 is 5.32 Å². The summed E-state index contributed by atoms with van der Waals surface area (Å²) >= 11 is 0. The summed E-state index contributed by atoms with van der Waals surface area (Å²) in [6, 6.07) is 1.89. The number of furan rings is 1. The van der Waals surface area contributed by atoms with Gasteiger partial charge in [-0.3, -0.25) is 0 Å². The van der Waals surface area contributed by atoms with Crippen molar-refractivity contribution in [1.29, 1.82) is 0 Å². The van der Waals surface area contributed by atoms with E-state index in [0.29, 0.717) is 18.4 Å². The monoisotopic (exact) mass is 236 g/mol. The second-order valence-electron chi connectivity index (χ2n) is 4.98. The minimum absolute atomic E-state index is 0.0324. The topological polar surface area (TPSA) is 45.5 Å². The zero-order chi connectivity index (χ0) is 12.3. The van der Waals surface area contributed by atoms with E-state index in [1.54, 1.807) is 12.5 Å². The lowest BCUT2D eigenvalue weighted by molar-refractivity contribution is 0.144. The van der Waals surface area contributed by atoms with Crippen molar-refractivity contribution in [2.75, 3.05) is 13.1 Å². The van der Waals surface area contributed by atoms with Crippen molar-refractivity contribution in [3.05, 3.63) is 24.2 Å². The van der Waals surface area contributed by atoms with E-state index < -0.39 is 0 Å². The number of nitrogens with one attached hydrogen (secondary N) is 1. The van der Waals surface area contributed by atoms with E-state index >= 15 is 0 Å². The third-order valence-corrected chi connectivity index (χ3v) is 3.65. The van der Waals surface area contributed by atoms with Crippen LogP contribution in [0.2, 0.25) is 0 Å². The van der Waals surface area contributed by atoms with Gasteiger partial charge in [-0.05, 0) is 24.3 Å². The number of urea groups is 1. The Morgan fingerprint density at radius 2 is 2.35 bits per heavy atom. The first-order valence-electron chi connectivity index (χ1n) is 6.20. The van der Waals surface area contributed by atoms with Crippen LogP contribution in [0.15, 0.2) is 23.0 Å². The number of nitrogens with zero attached hydrogens (tertiary/aromatic N) is 1. The Kier molecular flexibility index (Phi) is 3.71. The highest BCUT2D eigenvalue weighted by Gasteiger charge is 2.25. The quantitative estimate of drug-likeness (QED) is 0.857. The SMILES string of the molecule is C[C@@H]1CN(C(=O)NCc2ccoc2)CC[C@@H]1C. The third kappa shape index (κ3) is 3.02. The van der Waals surface area contributed by atoms with Gasteiger partial charge in [-0.15, -0.1) is 0 Å². The van der Waals surface area contributed by atoms with E-state index in [2.05, 4.69) is 19.2 Å². The zero-order valence-corrected chi connectivity index (χ0v) is 10.5. The molecule has 1 fully saturated rings. The first-order chi connectivity index (χ1) is 8.16. The van der Waals surface area contributed by atoms with Gasteiger partial charge in [0.25, 0.3) is 0 Å². The van der Waals surface area contributed by atoms with E-state index in [-0.39, 0.29) is 6.03 Å². The average molecular weight is 236 g/mol. The molecule has 1 aromatic rings. The van der Waals surface area contributed by atoms with E-state index in [9.17, 15) is 4.79 Å². The number of rotatable bonds is 2. The van der Waals surface area contributed by atoms with Crippen LogP contribution in [0.1, 0.15) is 25.8 Å². The van der Waals surface area contributed by atoms with Gasteiger partial charge in [-0.2, -0.15) is 0 Å². The molecule has 0 saturated carbocycles. The van der Waals surface area contributed by atoms with Crippen molar-refractivity contribution in [2.45, 2.75) is 26.8 Å². The van der Waals surface area contributed by atoms with Crippen LogP contribution in [-0.4, -0.2) is 24.0 Å². The molecular formula is C13H20N2O2. The van der Waals surface area contributed by atoms with Gasteiger partial charge in [0, 0.05) is 25.2 Å². The maximum Gasteiger partial charge on any atom is 0.317 e. The highest BCUT2D eigenvalue weighted by atomic mass is 16.3. The normalized spacial score (nSPS) is 24.7. The molecule has 2 amide bonds. The van der Waals surface area contributed by atoms with Crippen molar-refractivity contribution in [3.8, 4) is 0 Å². The molecule has 1 aromatic heterocycles. The third-order valence-electron chi connectivity index (χ3n) is 3.65. The van der Waals surface area contributed by atoms with Crippen LogP contribution in [-0.2, 0) is 6.54 Å². The lowest BCUT2D eigenvalue weighted by Gasteiger charge is -2.35. The van der Waals surface area contributed by atoms with Gasteiger partial charge in [0.05, 0.1) is 12.5 Å². The van der Waals surface area contributed by atoms with Crippen molar-refractivity contribution < 1.29 is 9.21 Å². The van der Waals surface area contributed by atoms with E-state index in [1.807, 2.05) is 11.0 Å². The minimum atomic E-state index is 0.0324. The van der Waals surface area contributed by atoms with Gasteiger partial charge >= 0.3 is 6.03 Å². The number of likely N-dealkylation sites (tertiary alicyclic amines) is 1. The van der Waals surface area contributed by atoms with Gasteiger partial charge in [-0.1, -0.05) is 13.8 Å². The molecule has 1 aliphatic rings. The van der Waals surface area contributed by atoms with Gasteiger partial charge < -0.3 is 14.6 Å². The Labute approximate surface area is 102 Å². The van der Waals surface area contributed by atoms with Crippen molar-refractivity contribution >= 4 is 6.03 Å². The summed E-state index contributed by atoms with van der Waals surface area (Å²) in [7, 11) is 0. The van der Waals surface area contributed by atoms with E-state index in [1.165, 1.54) is 0 Å². The Morgan fingerprint density at radius 3 is 3.00 bits per heavy atom. The van der Waals surface area contributed by atoms with Crippen molar-refractivity contribution in [3.63, 3.8) is 0 Å². The van der Waals surface area contributed by atoms with Gasteiger partial charge in [0.2, 0.25) is 0 Å². The molecule has 4 nitrogen and oxygen atoms in total. The molecule has 0 spiro atoms. The minimum Gasteiger partial charge on any atom is -0.472 e. The van der Waals surface area contributed by atoms with Gasteiger partial charge in [0.15, 0.2) is 0 Å². The molecule has 1 aliphatic heterocycles. The molecule has 4 heteroatoms. The van der Waals surface area contributed by atoms with Gasteiger partial charge in [0.1, 0.15) is 0 Å². The lowest BCUT2D eigenvalue weighted by Crippen LogP contribution is -2.46. The first-order valence-corrected chi connectivity index (χ1v) is 6.20. The first kappa shape index (κ1) is 12.0. The number of hydrogen-bond acceptors (Lipinski definition) is 2. The van der Waals surface area contributed by atoms with Crippen LogP contribution in [0.3, 0.4) is 0 Å². The highest BCUT2D eigenvalue weighted by Crippen LogP contribution is 2.22. The smallest absolute Gasteiger partial charge is 0.317 e. The second-order valence-corrected chi connectivity index (χ2v) is 4.98. The predicted molar refractivity (Wildman–Crippen MR) is 65.5 cm³/mol. The summed E-state index contributed by atoms with van der Waals surface area (Å²) in [6.07, 6.45) is 4.37. The molecule has 2 rings (SSSR count). The molecule has 0 unspecified atom stereocenters. The molecule has 17 heavy (non-hydrogen) atoms. The fourth-order valence-corrected chi connectivity index (χ4v) is 2.13. The lowest BCUT2D eigenvalue weighted by atomic mass is 9.89. The zero-order valence-electron chi connectivity index (χ0n) is 10.5. The highest BCUT2D eigenvalue weighted by molar-refractivity contribution is 5.74. The van der Waals surface area contributed by atoms with Crippen LogP contribution in [0.5, 0.6) is 0 Å². The number of piperidine rings is 1. The Balaban J connectivity index is 1.80. The number of hydrogen-bond donors (Lipinski definition) is 1. The molecule has 1 saturated heterocycles. The number of carbonyl (C=O) groups is 1. The summed E-state index contributed by atoms with van der Waals surface area (Å²) in [5.41, 5.74) is 0.997. The number of carbonyl (C=O) groups excluding carboxylic acids is 1.